The number of benzene rings is 6. The van der Waals surface area contributed by atoms with E-state index in [1.807, 2.05) is 48.5 Å². The predicted octanol–water partition coefficient (Wildman–Crippen LogP) is 6.16. The molecule has 2 aliphatic heterocycles. The summed E-state index contributed by atoms with van der Waals surface area (Å²) in [6.07, 6.45) is 8.86. The van der Waals surface area contributed by atoms with Crippen molar-refractivity contribution in [3.63, 3.8) is 0 Å². The predicted molar refractivity (Wildman–Crippen MR) is 324 cm³/mol. The van der Waals surface area contributed by atoms with Crippen LogP contribution in [-0.2, 0) is 48.0 Å². The Morgan fingerprint density at radius 3 is 1.78 bits per heavy atom. The summed E-state index contributed by atoms with van der Waals surface area (Å²) in [4.78, 5) is 57.3. The van der Waals surface area contributed by atoms with Crippen LogP contribution >= 0.6 is 11.6 Å². The van der Waals surface area contributed by atoms with Gasteiger partial charge in [-0.25, -0.2) is 18.6 Å². The summed E-state index contributed by atoms with van der Waals surface area (Å²) < 4.78 is 30.3. The number of aliphatic hydroxyl groups is 2. The van der Waals surface area contributed by atoms with Gasteiger partial charge in [0.1, 0.15) is 28.7 Å². The number of hydrogen-bond acceptors (Lipinski definition) is 14. The minimum absolute atomic E-state index is 0. The first-order valence-electron chi connectivity index (χ1n) is 29.0. The fraction of sp³-hybridized carbons (Fsp3) is 0.309. The molecule has 0 spiro atoms. The first-order valence-corrected chi connectivity index (χ1v) is 29.4. The Bertz CT molecular complexity index is 3730. The van der Waals surface area contributed by atoms with Crippen molar-refractivity contribution in [2.45, 2.75) is 105 Å². The number of ketones is 1. The maximum atomic E-state index is 15.4. The number of amides is 3. The number of aromatic nitrogens is 1. The van der Waals surface area contributed by atoms with E-state index in [2.05, 4.69) is 38.0 Å². The largest absolute Gasteiger partial charge is 1.00 e. The first kappa shape index (κ1) is 67.2. The zero-order valence-electron chi connectivity index (χ0n) is 49.1. The fourth-order valence-corrected chi connectivity index (χ4v) is 11.7. The molecule has 3 heterocycles. The molecule has 6 atom stereocenters. The molecular weight excluding hydrogens is 1170 g/mol. The van der Waals surface area contributed by atoms with Crippen molar-refractivity contribution < 1.29 is 77.9 Å². The Hall–Kier alpha value is -7.76. The standard InChI is InChI=1S/C37H35ClFN5O3.C30H31FN4O2.CH2O3.Na/c38-30-12-14-34(42-22-30)43-35(46)44-23-36(47,27-6-2-1-3-7-27)20-32(44)33(45)19-26-18-29(11-13-31(26)39)37(41,16-15-24-9-10-24)28-8-4-5-25(17-28)21-40;31-25-12-11-24(30(33,14-13-20-9-10-20)23-8-4-5-21(15-23)18-32)16-26(25)35-28(36)27-17-29(37,19-34-27)22-6-2-1-3-7-22;2-1-4-3;/h1-8,11-14,17-18,22,24,32,47H,9-10,15-16,19-20,23,41H2,(H,42,43,46);1-8,11-12,15-16,20,27,34,37H,9-10,13-14,17,19,33H2,(H,35,36);1,3H;/q;;;+1/p-1/t32-,36-,37?;27-,29-,30?;;/m11../s1. The van der Waals surface area contributed by atoms with Gasteiger partial charge in [0, 0.05) is 32.0 Å². The number of halogens is 3. The Morgan fingerprint density at radius 2 is 1.26 bits per heavy atom. The number of rotatable bonds is 19. The Kier molecular flexibility index (Phi) is 22.4. The Balaban J connectivity index is 0.000000220. The summed E-state index contributed by atoms with van der Waals surface area (Å²) in [5, 5.41) is 59.0. The molecule has 454 valence electrons. The van der Waals surface area contributed by atoms with Gasteiger partial charge in [-0.1, -0.05) is 140 Å². The summed E-state index contributed by atoms with van der Waals surface area (Å²) >= 11 is 5.94. The average molecular weight is 1230 g/mol. The number of likely N-dealkylation sites (tertiary alicyclic amines) is 1. The molecule has 89 heavy (non-hydrogen) atoms. The van der Waals surface area contributed by atoms with E-state index in [9.17, 15) is 39.5 Å². The van der Waals surface area contributed by atoms with E-state index in [1.54, 1.807) is 91.0 Å². The van der Waals surface area contributed by atoms with Gasteiger partial charge < -0.3 is 47.4 Å². The van der Waals surface area contributed by atoms with Crippen molar-refractivity contribution in [1.29, 1.82) is 10.5 Å². The number of carbonyl (C=O) groups is 4. The van der Waals surface area contributed by atoms with Crippen molar-refractivity contribution >= 4 is 47.3 Å². The van der Waals surface area contributed by atoms with Crippen LogP contribution < -0.4 is 62.2 Å². The number of nitriles is 2. The summed E-state index contributed by atoms with van der Waals surface area (Å²) in [7, 11) is 0. The number of urea groups is 1. The molecule has 4 fully saturated rings. The summed E-state index contributed by atoms with van der Waals surface area (Å²) in [5.41, 5.74) is 14.8. The summed E-state index contributed by atoms with van der Waals surface area (Å²) in [6.45, 7) is -0.113. The van der Waals surface area contributed by atoms with Gasteiger partial charge in [-0.2, -0.15) is 10.5 Å². The molecule has 1 aromatic heterocycles. The number of nitrogens with one attached hydrogen (secondary N) is 3. The van der Waals surface area contributed by atoms with Crippen LogP contribution in [0.5, 0.6) is 0 Å². The third kappa shape index (κ3) is 16.6. The minimum Gasteiger partial charge on any atom is -0.662 e. The number of nitrogens with two attached hydrogens (primary N) is 2. The van der Waals surface area contributed by atoms with E-state index in [4.69, 9.17) is 33.1 Å². The van der Waals surface area contributed by atoms with E-state index in [0.717, 1.165) is 42.4 Å². The van der Waals surface area contributed by atoms with E-state index < -0.39 is 63.7 Å². The van der Waals surface area contributed by atoms with Crippen molar-refractivity contribution in [3.8, 4) is 12.1 Å². The zero-order valence-corrected chi connectivity index (χ0v) is 51.8. The normalized spacial score (nSPS) is 20.4. The Morgan fingerprint density at radius 1 is 0.730 bits per heavy atom. The van der Waals surface area contributed by atoms with Crippen LogP contribution in [-0.4, -0.2) is 69.5 Å². The zero-order chi connectivity index (χ0) is 62.6. The van der Waals surface area contributed by atoms with Gasteiger partial charge in [-0.3, -0.25) is 19.7 Å². The summed E-state index contributed by atoms with van der Waals surface area (Å²) in [5.74, 6) is -0.540. The third-order valence-electron chi connectivity index (χ3n) is 17.1. The molecule has 2 unspecified atom stereocenters. The number of Topliss-reactive ketones (excluding diaryl/α,β-unsaturated/α-hetero) is 1. The molecule has 7 aromatic rings. The molecule has 3 amide bonds. The van der Waals surface area contributed by atoms with Crippen LogP contribution in [0.3, 0.4) is 0 Å². The van der Waals surface area contributed by atoms with E-state index >= 15 is 4.39 Å². The van der Waals surface area contributed by atoms with Crippen molar-refractivity contribution in [2.75, 3.05) is 23.7 Å². The maximum Gasteiger partial charge on any atom is 1.00 e. The van der Waals surface area contributed by atoms with Gasteiger partial charge in [-0.05, 0) is 131 Å². The summed E-state index contributed by atoms with van der Waals surface area (Å²) in [6, 6.07) is 46.6. The molecule has 9 N–H and O–H groups in total. The second kappa shape index (κ2) is 29.7. The minimum atomic E-state index is -1.51. The molecule has 4 aliphatic rings. The molecule has 6 aromatic carbocycles. The Labute approximate surface area is 542 Å². The van der Waals surface area contributed by atoms with Gasteiger partial charge in [0.25, 0.3) is 6.47 Å². The van der Waals surface area contributed by atoms with Gasteiger partial charge in [0.15, 0.2) is 5.78 Å². The molecule has 21 heteroatoms. The van der Waals surface area contributed by atoms with Crippen LogP contribution in [0, 0.1) is 46.1 Å². The van der Waals surface area contributed by atoms with Gasteiger partial charge >= 0.3 is 35.6 Å². The maximum absolute atomic E-state index is 15.4. The van der Waals surface area contributed by atoms with E-state index in [1.165, 1.54) is 42.1 Å². The van der Waals surface area contributed by atoms with Crippen molar-refractivity contribution in [3.05, 3.63) is 231 Å². The number of nitrogens with zero attached hydrogens (tertiary/aromatic N) is 4. The number of carbonyl (C=O) groups excluding carboxylic acids is 4. The SMILES string of the molecule is N#Cc1cccc(C(N)(CCC2CC2)c2ccc(F)c(CC(=O)[C@H]3C[C@](O)(c4ccccc4)CN3C(=O)Nc3ccc(Cl)cn3)c2)c1.N#Cc1cccc(C(N)(CCC2CC2)c2ccc(F)c(NC(=O)[C@H]3C[C@](O)(c4ccccc4)CN3)c2)c1.O=CO[O-].[Na+]. The molecule has 17 nitrogen and oxygen atoms in total. The van der Waals surface area contributed by atoms with E-state index in [0.29, 0.717) is 57.5 Å². The molecule has 0 radical (unpaired) electrons. The number of β-amino-alcohol motifs (C(OH)–C–C–N with tert-alkyl or cyclic N) is 2. The fourth-order valence-electron chi connectivity index (χ4n) is 11.6. The van der Waals surface area contributed by atoms with E-state index in [-0.39, 0.29) is 85.5 Å². The quantitative estimate of drug-likeness (QED) is 0.0207. The van der Waals surface area contributed by atoms with Crippen molar-refractivity contribution in [1.82, 2.24) is 15.2 Å². The first-order chi connectivity index (χ1) is 42.3. The number of pyridine rings is 1. The number of anilines is 2. The van der Waals surface area contributed by atoms with Gasteiger partial charge in [0.2, 0.25) is 5.91 Å². The molecule has 2 saturated heterocycles. The van der Waals surface area contributed by atoms with Crippen LogP contribution in [0.4, 0.5) is 25.1 Å². The molecule has 0 bridgehead atoms. The second-order valence-electron chi connectivity index (χ2n) is 23.2. The smallest absolute Gasteiger partial charge is 0.662 e. The second-order valence-corrected chi connectivity index (χ2v) is 23.6. The van der Waals surface area contributed by atoms with Crippen LogP contribution in [0.2, 0.25) is 5.02 Å². The average Bonchev–Trinajstić information content (AvgIpc) is 1.99. The molecule has 2 aliphatic carbocycles. The van der Waals surface area contributed by atoms with Gasteiger partial charge in [-0.15, -0.1) is 0 Å². The molecule has 2 saturated carbocycles. The monoisotopic (exact) mass is 1230 g/mol. The van der Waals surface area contributed by atoms with Crippen LogP contribution in [0.1, 0.15) is 114 Å². The molecular formula is C68H67ClF2N9NaO8. The van der Waals surface area contributed by atoms with Crippen LogP contribution in [0.25, 0.3) is 0 Å². The number of hydrogen-bond donors (Lipinski definition) is 7. The van der Waals surface area contributed by atoms with Crippen LogP contribution in [0.15, 0.2) is 164 Å². The molecule has 11 rings (SSSR count). The third-order valence-corrected chi connectivity index (χ3v) is 17.3. The van der Waals surface area contributed by atoms with Crippen molar-refractivity contribution in [2.24, 2.45) is 23.3 Å². The topological polar surface area (TPSA) is 293 Å². The van der Waals surface area contributed by atoms with Gasteiger partial charge in [0.05, 0.1) is 63.7 Å².